The number of rotatable bonds is 8. The van der Waals surface area contributed by atoms with Crippen LogP contribution in [0.2, 0.25) is 0 Å². The van der Waals surface area contributed by atoms with E-state index in [1.54, 1.807) is 6.92 Å². The first-order valence-corrected chi connectivity index (χ1v) is 7.06. The predicted molar refractivity (Wildman–Crippen MR) is 66.5 cm³/mol. The molecule has 0 bridgehead atoms. The van der Waals surface area contributed by atoms with Gasteiger partial charge in [0.2, 0.25) is 0 Å². The van der Waals surface area contributed by atoms with Crippen LogP contribution in [0.4, 0.5) is 0 Å². The van der Waals surface area contributed by atoms with Gasteiger partial charge in [-0.15, -0.1) is 0 Å². The quantitative estimate of drug-likeness (QED) is 0.288. The molecule has 0 spiro atoms. The first-order valence-electron chi connectivity index (χ1n) is 4.74. The van der Waals surface area contributed by atoms with Crippen LogP contribution >= 0.6 is 21.6 Å². The predicted octanol–water partition coefficient (Wildman–Crippen LogP) is -0.710. The van der Waals surface area contributed by atoms with E-state index in [1.807, 2.05) is 0 Å². The van der Waals surface area contributed by atoms with Gasteiger partial charge in [-0.25, -0.2) is 0 Å². The largest absolute Gasteiger partial charge is 0.480 e. The molecule has 0 aromatic carbocycles. The average Bonchev–Trinajstić information content (AvgIpc) is 2.27. The fourth-order valence-electron chi connectivity index (χ4n) is 0.804. The number of carboxylic acids is 2. The summed E-state index contributed by atoms with van der Waals surface area (Å²) >= 11 is 0. The summed E-state index contributed by atoms with van der Waals surface area (Å²) in [6, 6.07) is -2.50. The molecule has 0 aliphatic carbocycles. The summed E-state index contributed by atoms with van der Waals surface area (Å²) in [4.78, 5) is 19.5. The van der Waals surface area contributed by atoms with Crippen molar-refractivity contribution in [2.45, 2.75) is 30.4 Å². The molecule has 3 atom stereocenters. The summed E-state index contributed by atoms with van der Waals surface area (Å²) in [6.45, 7) is 1.59. The van der Waals surface area contributed by atoms with Crippen molar-refractivity contribution >= 4 is 33.5 Å². The van der Waals surface area contributed by atoms with Gasteiger partial charge >= 0.3 is 11.9 Å². The molecule has 0 aromatic rings. The zero-order valence-corrected chi connectivity index (χ0v) is 10.8. The lowest BCUT2D eigenvalue weighted by molar-refractivity contribution is -0.142. The summed E-state index contributed by atoms with van der Waals surface area (Å²) in [5.41, 5.74) is 10.6. The highest BCUT2D eigenvalue weighted by molar-refractivity contribution is 8.77. The molecule has 1 unspecified atom stereocenters. The highest BCUT2D eigenvalue weighted by Crippen LogP contribution is 2.38. The Balaban J connectivity index is 4.31. The lowest BCUT2D eigenvalue weighted by atomic mass is 10.1. The van der Waals surface area contributed by atoms with E-state index in [0.717, 1.165) is 21.6 Å². The van der Waals surface area contributed by atoms with E-state index in [9.17, 15) is 14.7 Å². The second kappa shape index (κ2) is 7.07. The normalized spacial score (nSPS) is 18.1. The van der Waals surface area contributed by atoms with Crippen LogP contribution in [0.3, 0.4) is 0 Å². The molecule has 0 fully saturated rings. The van der Waals surface area contributed by atoms with Gasteiger partial charge in [-0.3, -0.25) is 9.59 Å². The van der Waals surface area contributed by atoms with Crippen molar-refractivity contribution in [3.8, 4) is 0 Å². The molecule has 7 N–H and O–H groups in total. The Bertz CT molecular complexity index is 291. The van der Waals surface area contributed by atoms with Crippen LogP contribution in [0, 0.1) is 0 Å². The van der Waals surface area contributed by atoms with Crippen LogP contribution < -0.4 is 11.5 Å². The molecule has 0 aromatic heterocycles. The molecular formula is C8H16N2O5S2. The van der Waals surface area contributed by atoms with Crippen LogP contribution in [-0.4, -0.2) is 50.0 Å². The number of hydrogen-bond acceptors (Lipinski definition) is 7. The minimum Gasteiger partial charge on any atom is -0.480 e. The van der Waals surface area contributed by atoms with E-state index in [4.69, 9.17) is 21.7 Å². The van der Waals surface area contributed by atoms with Gasteiger partial charge in [-0.05, 0) is 6.42 Å². The van der Waals surface area contributed by atoms with E-state index in [1.165, 1.54) is 0 Å². The van der Waals surface area contributed by atoms with Crippen molar-refractivity contribution in [2.24, 2.45) is 11.5 Å². The number of aliphatic carboxylic acids is 2. The fourth-order valence-corrected chi connectivity index (χ4v) is 3.61. The molecule has 0 rings (SSSR count). The Morgan fingerprint density at radius 2 is 1.82 bits per heavy atom. The third-order valence-electron chi connectivity index (χ3n) is 2.03. The topological polar surface area (TPSA) is 147 Å². The molecule has 7 nitrogen and oxygen atoms in total. The Kier molecular flexibility index (Phi) is 6.87. The van der Waals surface area contributed by atoms with Gasteiger partial charge in [0.15, 0.2) is 0 Å². The molecule has 17 heavy (non-hydrogen) atoms. The summed E-state index contributed by atoms with van der Waals surface area (Å²) in [7, 11) is 1.81. The summed E-state index contributed by atoms with van der Waals surface area (Å²) < 4.78 is 0. The molecule has 0 saturated carbocycles. The zero-order valence-electron chi connectivity index (χ0n) is 9.20. The summed E-state index contributed by atoms with van der Waals surface area (Å²) in [6.07, 6.45) is 0.125. The van der Waals surface area contributed by atoms with E-state index in [0.29, 0.717) is 0 Å². The number of carboxylic acid groups (broad SMARTS) is 2. The number of carbonyl (C=O) groups is 2. The maximum Gasteiger partial charge on any atom is 0.324 e. The molecule has 0 saturated heterocycles. The van der Waals surface area contributed by atoms with Crippen molar-refractivity contribution in [3.63, 3.8) is 0 Å². The Morgan fingerprint density at radius 1 is 1.29 bits per heavy atom. The molecule has 9 heteroatoms. The van der Waals surface area contributed by atoms with Gasteiger partial charge in [0.05, 0.1) is 0 Å². The average molecular weight is 284 g/mol. The minimum atomic E-state index is -1.64. The van der Waals surface area contributed by atoms with Crippen LogP contribution in [0.25, 0.3) is 0 Å². The molecule has 0 radical (unpaired) electrons. The molecule has 0 amide bonds. The van der Waals surface area contributed by atoms with Gasteiger partial charge in [0.1, 0.15) is 17.0 Å². The van der Waals surface area contributed by atoms with Gasteiger partial charge in [0.25, 0.3) is 0 Å². The van der Waals surface area contributed by atoms with Gasteiger partial charge < -0.3 is 26.8 Å². The lowest BCUT2D eigenvalue weighted by Gasteiger charge is -2.29. The maximum absolute atomic E-state index is 10.7. The SMILES string of the molecule is CCC(O)(SSC[C@H](N)C(=O)O)[C@H](N)C(=O)O. The molecular weight excluding hydrogens is 268 g/mol. The van der Waals surface area contributed by atoms with E-state index in [2.05, 4.69) is 0 Å². The molecule has 0 aliphatic rings. The van der Waals surface area contributed by atoms with E-state index in [-0.39, 0.29) is 12.2 Å². The van der Waals surface area contributed by atoms with Gasteiger partial charge in [-0.2, -0.15) is 0 Å². The maximum atomic E-state index is 10.7. The molecule has 100 valence electrons. The third kappa shape index (κ3) is 5.13. The molecule has 0 aliphatic heterocycles. The van der Waals surface area contributed by atoms with Crippen molar-refractivity contribution in [1.29, 1.82) is 0 Å². The van der Waals surface area contributed by atoms with Crippen LogP contribution in [-0.2, 0) is 9.59 Å². The second-order valence-electron chi connectivity index (χ2n) is 3.33. The third-order valence-corrected chi connectivity index (χ3v) is 5.10. The first-order chi connectivity index (χ1) is 7.74. The molecule has 0 heterocycles. The Hall–Kier alpha value is -0.480. The Morgan fingerprint density at radius 3 is 2.18 bits per heavy atom. The summed E-state index contributed by atoms with van der Waals surface area (Å²) in [5, 5.41) is 27.2. The summed E-state index contributed by atoms with van der Waals surface area (Å²) in [5.74, 6) is -2.42. The fraction of sp³-hybridized carbons (Fsp3) is 0.750. The second-order valence-corrected chi connectivity index (χ2v) is 5.98. The Labute approximate surface area is 106 Å². The first kappa shape index (κ1) is 16.5. The standard InChI is InChI=1S/C8H16N2O5S2/c1-2-8(15,5(10)7(13)14)17-16-3-4(9)6(11)12/h4-5,15H,2-3,9-10H2,1H3,(H,11,12)(H,13,14)/t4-,5+,8?/m0/s1. The van der Waals surface area contributed by atoms with Gasteiger partial charge in [0, 0.05) is 5.75 Å². The monoisotopic (exact) mass is 284 g/mol. The number of aliphatic hydroxyl groups is 1. The zero-order chi connectivity index (χ0) is 13.6. The van der Waals surface area contributed by atoms with Crippen molar-refractivity contribution in [3.05, 3.63) is 0 Å². The van der Waals surface area contributed by atoms with Crippen LogP contribution in [0.15, 0.2) is 0 Å². The van der Waals surface area contributed by atoms with Crippen LogP contribution in [0.1, 0.15) is 13.3 Å². The van der Waals surface area contributed by atoms with E-state index < -0.39 is 29.0 Å². The number of nitrogens with two attached hydrogens (primary N) is 2. The van der Waals surface area contributed by atoms with Crippen molar-refractivity contribution in [2.75, 3.05) is 5.75 Å². The highest BCUT2D eigenvalue weighted by Gasteiger charge is 2.38. The minimum absolute atomic E-state index is 0.0502. The van der Waals surface area contributed by atoms with Crippen LogP contribution in [0.5, 0.6) is 0 Å². The van der Waals surface area contributed by atoms with Gasteiger partial charge in [-0.1, -0.05) is 28.5 Å². The van der Waals surface area contributed by atoms with E-state index >= 15 is 0 Å². The lowest BCUT2D eigenvalue weighted by Crippen LogP contribution is -2.50. The highest BCUT2D eigenvalue weighted by atomic mass is 33.1. The smallest absolute Gasteiger partial charge is 0.324 e. The van der Waals surface area contributed by atoms with Crippen molar-refractivity contribution < 1.29 is 24.9 Å². The van der Waals surface area contributed by atoms with Crippen molar-refractivity contribution in [1.82, 2.24) is 0 Å². The number of hydrogen-bond donors (Lipinski definition) is 5.